The van der Waals surface area contributed by atoms with Crippen LogP contribution in [0.4, 0.5) is 0 Å². The number of hydrogen-bond acceptors (Lipinski definition) is 2. The van der Waals surface area contributed by atoms with E-state index in [0.29, 0.717) is 0 Å². The largest absolute Gasteiger partial charge is 0.460 e. The molecule has 2 rings (SSSR count). The van der Waals surface area contributed by atoms with Crippen molar-refractivity contribution in [2.24, 2.45) is 0 Å². The molecule has 1 heterocycles. The fourth-order valence-corrected chi connectivity index (χ4v) is 2.42. The van der Waals surface area contributed by atoms with Crippen LogP contribution in [0, 0.1) is 20.8 Å². The molecule has 0 aliphatic heterocycles. The first-order chi connectivity index (χ1) is 8.61. The van der Waals surface area contributed by atoms with Crippen molar-refractivity contribution in [3.63, 3.8) is 0 Å². The highest BCUT2D eigenvalue weighted by Gasteiger charge is 2.10. The van der Waals surface area contributed by atoms with Crippen molar-refractivity contribution in [3.05, 3.63) is 46.7 Å². The molecule has 1 aromatic carbocycles. The van der Waals surface area contributed by atoms with Crippen molar-refractivity contribution >= 4 is 0 Å². The molecule has 0 fully saturated rings. The van der Waals surface area contributed by atoms with E-state index in [-0.39, 0.29) is 0 Å². The Balaban J connectivity index is 2.34. The standard InChI is InChI=1S/C16H21NO/c1-5-17-10-14-6-7-15(18-14)16-12(3)8-11(2)9-13(16)4/h6-9,17H,5,10H2,1-4H3. The lowest BCUT2D eigenvalue weighted by Crippen LogP contribution is -2.10. The Hall–Kier alpha value is -1.54. The van der Waals surface area contributed by atoms with Crippen LogP contribution in [0.2, 0.25) is 0 Å². The third-order valence-corrected chi connectivity index (χ3v) is 3.13. The molecular weight excluding hydrogens is 222 g/mol. The topological polar surface area (TPSA) is 25.2 Å². The van der Waals surface area contributed by atoms with Gasteiger partial charge in [-0.1, -0.05) is 24.6 Å². The number of hydrogen-bond donors (Lipinski definition) is 1. The van der Waals surface area contributed by atoms with Gasteiger partial charge in [-0.05, 0) is 50.6 Å². The van der Waals surface area contributed by atoms with Crippen molar-refractivity contribution in [1.82, 2.24) is 5.32 Å². The van der Waals surface area contributed by atoms with E-state index in [1.54, 1.807) is 0 Å². The second-order valence-corrected chi connectivity index (χ2v) is 4.82. The number of rotatable bonds is 4. The van der Waals surface area contributed by atoms with Gasteiger partial charge in [-0.15, -0.1) is 0 Å². The summed E-state index contributed by atoms with van der Waals surface area (Å²) < 4.78 is 5.91. The first-order valence-corrected chi connectivity index (χ1v) is 6.49. The summed E-state index contributed by atoms with van der Waals surface area (Å²) in [5.41, 5.74) is 5.07. The zero-order valence-corrected chi connectivity index (χ0v) is 11.6. The van der Waals surface area contributed by atoms with Gasteiger partial charge in [0.1, 0.15) is 11.5 Å². The van der Waals surface area contributed by atoms with Gasteiger partial charge < -0.3 is 9.73 Å². The van der Waals surface area contributed by atoms with E-state index in [1.807, 2.05) is 0 Å². The number of aryl methyl sites for hydroxylation is 3. The molecule has 18 heavy (non-hydrogen) atoms. The second-order valence-electron chi connectivity index (χ2n) is 4.82. The number of benzene rings is 1. The summed E-state index contributed by atoms with van der Waals surface area (Å²) in [5.74, 6) is 1.96. The smallest absolute Gasteiger partial charge is 0.134 e. The molecular formula is C16H21NO. The molecule has 0 saturated heterocycles. The molecule has 0 atom stereocenters. The zero-order chi connectivity index (χ0) is 13.1. The third-order valence-electron chi connectivity index (χ3n) is 3.13. The molecule has 1 N–H and O–H groups in total. The molecule has 0 bridgehead atoms. The minimum absolute atomic E-state index is 0.792. The molecule has 96 valence electrons. The summed E-state index contributed by atoms with van der Waals surface area (Å²) in [6, 6.07) is 8.53. The van der Waals surface area contributed by atoms with Gasteiger partial charge in [0, 0.05) is 5.56 Å². The second kappa shape index (κ2) is 5.40. The average Bonchev–Trinajstić information content (AvgIpc) is 2.73. The maximum atomic E-state index is 5.91. The first-order valence-electron chi connectivity index (χ1n) is 6.49. The average molecular weight is 243 g/mol. The minimum Gasteiger partial charge on any atom is -0.460 e. The van der Waals surface area contributed by atoms with Crippen LogP contribution in [0.3, 0.4) is 0 Å². The van der Waals surface area contributed by atoms with Crippen LogP contribution >= 0.6 is 0 Å². The highest BCUT2D eigenvalue weighted by molar-refractivity contribution is 5.67. The van der Waals surface area contributed by atoms with Crippen LogP contribution in [-0.2, 0) is 6.54 Å². The lowest BCUT2D eigenvalue weighted by Gasteiger charge is -2.08. The van der Waals surface area contributed by atoms with Crippen molar-refractivity contribution in [1.29, 1.82) is 0 Å². The van der Waals surface area contributed by atoms with Gasteiger partial charge in [0.25, 0.3) is 0 Å². The maximum Gasteiger partial charge on any atom is 0.134 e. The van der Waals surface area contributed by atoms with Gasteiger partial charge in [-0.25, -0.2) is 0 Å². The van der Waals surface area contributed by atoms with Crippen molar-refractivity contribution < 1.29 is 4.42 Å². The van der Waals surface area contributed by atoms with Gasteiger partial charge in [-0.2, -0.15) is 0 Å². The summed E-state index contributed by atoms with van der Waals surface area (Å²) in [6.07, 6.45) is 0. The summed E-state index contributed by atoms with van der Waals surface area (Å²) in [4.78, 5) is 0. The Morgan fingerprint density at radius 3 is 2.33 bits per heavy atom. The summed E-state index contributed by atoms with van der Waals surface area (Å²) >= 11 is 0. The van der Waals surface area contributed by atoms with Crippen LogP contribution in [-0.4, -0.2) is 6.54 Å². The lowest BCUT2D eigenvalue weighted by atomic mass is 9.98. The van der Waals surface area contributed by atoms with Crippen molar-refractivity contribution in [2.45, 2.75) is 34.2 Å². The molecule has 0 aliphatic carbocycles. The third kappa shape index (κ3) is 2.65. The summed E-state index contributed by atoms with van der Waals surface area (Å²) in [5, 5.41) is 3.27. The molecule has 2 heteroatoms. The van der Waals surface area contributed by atoms with Crippen LogP contribution in [0.5, 0.6) is 0 Å². The SMILES string of the molecule is CCNCc1ccc(-c2c(C)cc(C)cc2C)o1. The van der Waals surface area contributed by atoms with Gasteiger partial charge in [0.05, 0.1) is 6.54 Å². The molecule has 0 saturated carbocycles. The molecule has 0 aliphatic rings. The van der Waals surface area contributed by atoms with Crippen LogP contribution in [0.15, 0.2) is 28.7 Å². The van der Waals surface area contributed by atoms with Crippen LogP contribution in [0.25, 0.3) is 11.3 Å². The highest BCUT2D eigenvalue weighted by Crippen LogP contribution is 2.29. The van der Waals surface area contributed by atoms with E-state index in [2.05, 4.69) is 57.3 Å². The molecule has 0 amide bonds. The molecule has 1 aromatic heterocycles. The fourth-order valence-electron chi connectivity index (χ4n) is 2.42. The molecule has 0 radical (unpaired) electrons. The van der Waals surface area contributed by atoms with Gasteiger partial charge in [0.15, 0.2) is 0 Å². The van der Waals surface area contributed by atoms with E-state index in [4.69, 9.17) is 4.42 Å². The zero-order valence-electron chi connectivity index (χ0n) is 11.6. The van der Waals surface area contributed by atoms with Crippen LogP contribution < -0.4 is 5.32 Å². The Kier molecular flexibility index (Phi) is 3.87. The number of nitrogens with one attached hydrogen (secondary N) is 1. The fraction of sp³-hybridized carbons (Fsp3) is 0.375. The molecule has 2 aromatic rings. The molecule has 2 nitrogen and oxygen atoms in total. The van der Waals surface area contributed by atoms with E-state index < -0.39 is 0 Å². The minimum atomic E-state index is 0.792. The van der Waals surface area contributed by atoms with Crippen molar-refractivity contribution in [3.8, 4) is 11.3 Å². The number of furan rings is 1. The molecule has 0 unspecified atom stereocenters. The van der Waals surface area contributed by atoms with E-state index in [1.165, 1.54) is 22.3 Å². The Morgan fingerprint density at radius 2 is 1.72 bits per heavy atom. The monoisotopic (exact) mass is 243 g/mol. The maximum absolute atomic E-state index is 5.91. The van der Waals surface area contributed by atoms with E-state index in [9.17, 15) is 0 Å². The van der Waals surface area contributed by atoms with Crippen LogP contribution in [0.1, 0.15) is 29.4 Å². The molecule has 0 spiro atoms. The van der Waals surface area contributed by atoms with Gasteiger partial charge in [-0.3, -0.25) is 0 Å². The van der Waals surface area contributed by atoms with Crippen molar-refractivity contribution in [2.75, 3.05) is 6.54 Å². The lowest BCUT2D eigenvalue weighted by molar-refractivity contribution is 0.498. The predicted octanol–water partition coefficient (Wildman–Crippen LogP) is 3.98. The normalized spacial score (nSPS) is 10.9. The highest BCUT2D eigenvalue weighted by atomic mass is 16.3. The predicted molar refractivity (Wildman–Crippen MR) is 75.7 cm³/mol. The van der Waals surface area contributed by atoms with E-state index >= 15 is 0 Å². The first kappa shape index (κ1) is 12.9. The Labute approximate surface area is 109 Å². The Morgan fingerprint density at radius 1 is 1.06 bits per heavy atom. The summed E-state index contributed by atoms with van der Waals surface area (Å²) in [7, 11) is 0. The van der Waals surface area contributed by atoms with E-state index in [0.717, 1.165) is 24.6 Å². The van der Waals surface area contributed by atoms with Gasteiger partial charge in [0.2, 0.25) is 0 Å². The quantitative estimate of drug-likeness (QED) is 0.878. The summed E-state index contributed by atoms with van der Waals surface area (Å²) in [6.45, 7) is 10.3. The Bertz CT molecular complexity index is 517. The van der Waals surface area contributed by atoms with Gasteiger partial charge >= 0.3 is 0 Å².